The summed E-state index contributed by atoms with van der Waals surface area (Å²) in [5.41, 5.74) is 11.0. The van der Waals surface area contributed by atoms with Crippen LogP contribution in [0.2, 0.25) is 0 Å². The van der Waals surface area contributed by atoms with E-state index in [0.29, 0.717) is 0 Å². The van der Waals surface area contributed by atoms with Crippen LogP contribution >= 0.6 is 0 Å². The molecule has 208 valence electrons. The molecule has 0 amide bonds. The molecule has 0 bridgehead atoms. The second-order valence-corrected chi connectivity index (χ2v) is 20.3. The monoisotopic (exact) mass is 602 g/mol. The Labute approximate surface area is 243 Å². The second-order valence-electron chi connectivity index (χ2n) is 13.9. The third-order valence-corrected chi connectivity index (χ3v) is 18.3. The summed E-state index contributed by atoms with van der Waals surface area (Å²) < 4.78 is 17.8. The number of benzene rings is 2. The first-order valence-electron chi connectivity index (χ1n) is 14.4. The molecule has 0 aromatic heterocycles. The van der Waals surface area contributed by atoms with Crippen molar-refractivity contribution < 1.29 is 26.8 Å². The fourth-order valence-electron chi connectivity index (χ4n) is 6.09. The summed E-state index contributed by atoms with van der Waals surface area (Å²) in [6.07, 6.45) is 1.98. The molecule has 2 aromatic carbocycles. The summed E-state index contributed by atoms with van der Waals surface area (Å²) in [7, 11) is 0. The Bertz CT molecular complexity index is 1310. The van der Waals surface area contributed by atoms with Crippen molar-refractivity contribution >= 4 is 0 Å². The molecule has 3 heteroatoms. The number of rotatable bonds is 6. The van der Waals surface area contributed by atoms with Gasteiger partial charge in [-0.25, -0.2) is 0 Å². The zero-order valence-electron chi connectivity index (χ0n) is 26.3. The van der Waals surface area contributed by atoms with Crippen LogP contribution in [0, 0.1) is 0 Å². The molecule has 0 saturated carbocycles. The molecule has 0 saturated heterocycles. The first-order chi connectivity index (χ1) is 18.0. The molecule has 2 aliphatic rings. The topological polar surface area (TPSA) is 18.5 Å². The Morgan fingerprint density at radius 1 is 0.538 bits per heavy atom. The molecule has 0 radical (unpaired) electrons. The predicted octanol–water partition coefficient (Wildman–Crippen LogP) is 10.8. The molecule has 2 aliphatic carbocycles. The third kappa shape index (κ3) is 5.85. The fraction of sp³-hybridized carbons (Fsp3) is 0.444. The molecular weight excluding hydrogens is 556 g/mol. The van der Waals surface area contributed by atoms with Gasteiger partial charge < -0.3 is 0 Å². The zero-order chi connectivity index (χ0) is 28.9. The number of allylic oxidation sites excluding steroid dienone is 8. The van der Waals surface area contributed by atoms with Gasteiger partial charge >= 0.3 is 245 Å². The summed E-state index contributed by atoms with van der Waals surface area (Å²) in [5.74, 6) is 1.83. The standard InChI is InChI=1S/2C10H14O.2C8H11.Zr/c2*1-10(2,3)8-5-4-6-9(11)7-8;2*1-6-4-7(2)8(3)5-6;/h2*4-7,11H,1-3H3;2*4H2,1-3H3;/q;;;;+2/p-2. The minimum atomic E-state index is -4.37. The van der Waals surface area contributed by atoms with Gasteiger partial charge in [0.25, 0.3) is 0 Å². The van der Waals surface area contributed by atoms with Crippen molar-refractivity contribution in [2.75, 3.05) is 0 Å². The summed E-state index contributed by atoms with van der Waals surface area (Å²) in [4.78, 5) is 0. The SMILES string of the molecule is CC1=C(C)[C]([Zr]([O]c2cccc(C(C)(C)C)c2)([O]c2cccc(C(C)(C)C)c2)[C]2=C(C)CC(C)=C2C)=C(C)C1. The molecule has 0 fully saturated rings. The van der Waals surface area contributed by atoms with Gasteiger partial charge in [0, 0.05) is 0 Å². The predicted molar refractivity (Wildman–Crippen MR) is 163 cm³/mol. The van der Waals surface area contributed by atoms with Crippen LogP contribution in [0.5, 0.6) is 11.5 Å². The van der Waals surface area contributed by atoms with E-state index in [0.717, 1.165) is 24.3 Å². The maximum absolute atomic E-state index is 7.52. The van der Waals surface area contributed by atoms with E-state index in [4.69, 9.17) is 5.63 Å². The van der Waals surface area contributed by atoms with Crippen LogP contribution < -0.4 is 5.63 Å². The van der Waals surface area contributed by atoms with Gasteiger partial charge in [-0.3, -0.25) is 0 Å². The molecule has 2 aromatic rings. The Morgan fingerprint density at radius 2 is 0.897 bits per heavy atom. The molecule has 0 atom stereocenters. The van der Waals surface area contributed by atoms with Crippen LogP contribution in [-0.4, -0.2) is 0 Å². The summed E-state index contributed by atoms with van der Waals surface area (Å²) in [6.45, 7) is 27.3. The Morgan fingerprint density at radius 3 is 1.18 bits per heavy atom. The molecule has 4 rings (SSSR count). The quantitative estimate of drug-likeness (QED) is 0.327. The molecule has 0 heterocycles. The summed E-state index contributed by atoms with van der Waals surface area (Å²) in [5, 5.41) is 0. The summed E-state index contributed by atoms with van der Waals surface area (Å²) in [6, 6.07) is 17.4. The van der Waals surface area contributed by atoms with Crippen LogP contribution in [-0.2, 0) is 32.0 Å². The van der Waals surface area contributed by atoms with E-state index >= 15 is 0 Å². The normalized spacial score (nSPS) is 17.1. The molecule has 39 heavy (non-hydrogen) atoms. The zero-order valence-corrected chi connectivity index (χ0v) is 28.8. The Kier molecular flexibility index (Phi) is 8.19. The minimum absolute atomic E-state index is 0.0311. The molecule has 0 unspecified atom stereocenters. The fourth-order valence-corrected chi connectivity index (χ4v) is 16.7. The van der Waals surface area contributed by atoms with Crippen molar-refractivity contribution in [2.24, 2.45) is 0 Å². The van der Waals surface area contributed by atoms with Crippen LogP contribution in [0.3, 0.4) is 0 Å². The first kappa shape index (κ1) is 29.9. The van der Waals surface area contributed by atoms with Gasteiger partial charge in [-0.2, -0.15) is 0 Å². The van der Waals surface area contributed by atoms with Gasteiger partial charge in [0.15, 0.2) is 0 Å². The van der Waals surface area contributed by atoms with Crippen molar-refractivity contribution in [3.05, 3.63) is 99.7 Å². The van der Waals surface area contributed by atoms with E-state index < -0.39 is 21.1 Å². The maximum atomic E-state index is 7.52. The van der Waals surface area contributed by atoms with Crippen LogP contribution in [0.1, 0.15) is 107 Å². The first-order valence-corrected chi connectivity index (χ1v) is 18.8. The molecule has 0 N–H and O–H groups in total. The summed E-state index contributed by atoms with van der Waals surface area (Å²) >= 11 is -4.37. The number of hydrogen-bond donors (Lipinski definition) is 0. The van der Waals surface area contributed by atoms with Crippen molar-refractivity contribution in [2.45, 2.75) is 107 Å². The Balaban J connectivity index is 2.03. The third-order valence-electron chi connectivity index (χ3n) is 8.53. The van der Waals surface area contributed by atoms with Crippen molar-refractivity contribution in [3.8, 4) is 11.5 Å². The van der Waals surface area contributed by atoms with E-state index in [1.807, 2.05) is 0 Å². The van der Waals surface area contributed by atoms with Crippen LogP contribution in [0.4, 0.5) is 0 Å². The van der Waals surface area contributed by atoms with Gasteiger partial charge in [-0.05, 0) is 0 Å². The molecule has 0 aliphatic heterocycles. The van der Waals surface area contributed by atoms with Crippen LogP contribution in [0.15, 0.2) is 88.5 Å². The van der Waals surface area contributed by atoms with Crippen molar-refractivity contribution in [3.63, 3.8) is 0 Å². The number of hydrogen-bond acceptors (Lipinski definition) is 2. The molecule has 0 spiro atoms. The van der Waals surface area contributed by atoms with E-state index in [9.17, 15) is 0 Å². The van der Waals surface area contributed by atoms with Gasteiger partial charge in [0.05, 0.1) is 0 Å². The molecular formula is C36H48O2Zr. The van der Waals surface area contributed by atoms with E-state index in [2.05, 4.69) is 132 Å². The van der Waals surface area contributed by atoms with Crippen molar-refractivity contribution in [1.82, 2.24) is 0 Å². The second kappa shape index (κ2) is 10.7. The average Bonchev–Trinajstić information content (AvgIpc) is 3.24. The van der Waals surface area contributed by atoms with Gasteiger partial charge in [0.1, 0.15) is 0 Å². The van der Waals surface area contributed by atoms with E-state index in [-0.39, 0.29) is 10.8 Å². The van der Waals surface area contributed by atoms with Gasteiger partial charge in [0.2, 0.25) is 0 Å². The Hall–Kier alpha value is -2.12. The van der Waals surface area contributed by atoms with Gasteiger partial charge in [-0.15, -0.1) is 0 Å². The van der Waals surface area contributed by atoms with Crippen molar-refractivity contribution in [1.29, 1.82) is 0 Å². The van der Waals surface area contributed by atoms with Crippen LogP contribution in [0.25, 0.3) is 0 Å². The average molecular weight is 604 g/mol. The molecule has 2 nitrogen and oxygen atoms in total. The van der Waals surface area contributed by atoms with Gasteiger partial charge in [-0.1, -0.05) is 0 Å². The van der Waals surface area contributed by atoms with E-state index in [1.165, 1.54) is 51.1 Å². The van der Waals surface area contributed by atoms with E-state index in [1.54, 1.807) is 0 Å².